The van der Waals surface area contributed by atoms with Gasteiger partial charge in [-0.3, -0.25) is 4.79 Å². The first-order valence-electron chi connectivity index (χ1n) is 6.06. The van der Waals surface area contributed by atoms with Gasteiger partial charge in [0.1, 0.15) is 0 Å². The Kier molecular flexibility index (Phi) is 2.79. The zero-order valence-electron chi connectivity index (χ0n) is 9.50. The van der Waals surface area contributed by atoms with Crippen LogP contribution in [0, 0.1) is 5.92 Å². The van der Waals surface area contributed by atoms with E-state index in [1.807, 2.05) is 24.4 Å². The van der Waals surface area contributed by atoms with E-state index in [4.69, 9.17) is 0 Å². The lowest BCUT2D eigenvalue weighted by Gasteiger charge is -2.06. The van der Waals surface area contributed by atoms with E-state index in [1.165, 1.54) is 12.8 Å². The van der Waals surface area contributed by atoms with E-state index in [0.29, 0.717) is 5.78 Å². The number of carbonyl (C=O) groups excluding carboxylic acids is 1. The number of fused-ring (bicyclic) bond motifs is 1. The summed E-state index contributed by atoms with van der Waals surface area (Å²) in [5, 5.41) is 1.04. The highest BCUT2D eigenvalue weighted by atomic mass is 79.9. The van der Waals surface area contributed by atoms with Gasteiger partial charge in [0.05, 0.1) is 0 Å². The molecule has 0 bridgehead atoms. The number of Topliss-reactive ketones (excluding diaryl/α,β-unsaturated/α-hetero) is 1. The van der Waals surface area contributed by atoms with Crippen molar-refractivity contribution >= 4 is 32.6 Å². The molecule has 1 aromatic heterocycles. The number of rotatable bonds is 2. The summed E-state index contributed by atoms with van der Waals surface area (Å²) in [6, 6.07) is 6.02. The van der Waals surface area contributed by atoms with E-state index in [2.05, 4.69) is 20.9 Å². The van der Waals surface area contributed by atoms with Crippen molar-refractivity contribution in [3.05, 3.63) is 34.4 Å². The molecular weight excluding hydrogens is 278 g/mol. The van der Waals surface area contributed by atoms with E-state index < -0.39 is 0 Å². The molecule has 1 N–H and O–H groups in total. The number of hydrogen-bond acceptors (Lipinski definition) is 1. The van der Waals surface area contributed by atoms with Gasteiger partial charge in [-0.1, -0.05) is 28.8 Å². The Hall–Kier alpha value is -1.09. The Morgan fingerprint density at radius 2 is 2.06 bits per heavy atom. The van der Waals surface area contributed by atoms with Crippen molar-refractivity contribution in [2.24, 2.45) is 5.92 Å². The Morgan fingerprint density at radius 3 is 2.82 bits per heavy atom. The molecule has 17 heavy (non-hydrogen) atoms. The third kappa shape index (κ3) is 1.93. The molecule has 2 aromatic rings. The number of carbonyl (C=O) groups is 1. The average molecular weight is 292 g/mol. The van der Waals surface area contributed by atoms with Crippen LogP contribution in [0.5, 0.6) is 0 Å². The summed E-state index contributed by atoms with van der Waals surface area (Å²) in [5.74, 6) is 0.555. The van der Waals surface area contributed by atoms with Crippen LogP contribution in [0.3, 0.4) is 0 Å². The lowest BCUT2D eigenvalue weighted by atomic mass is 9.96. The zero-order chi connectivity index (χ0) is 11.8. The standard InChI is InChI=1S/C14H14BrNO/c15-10-5-6-13-11(7-10)12(8-16-13)14(17)9-3-1-2-4-9/h5-9,16H,1-4H2. The molecule has 1 aliphatic carbocycles. The molecule has 0 unspecified atom stereocenters. The van der Waals surface area contributed by atoms with Crippen LogP contribution in [-0.2, 0) is 0 Å². The van der Waals surface area contributed by atoms with Gasteiger partial charge in [-0.05, 0) is 31.0 Å². The van der Waals surface area contributed by atoms with Gasteiger partial charge < -0.3 is 4.98 Å². The predicted molar refractivity (Wildman–Crippen MR) is 72.3 cm³/mol. The molecule has 0 saturated heterocycles. The molecule has 1 fully saturated rings. The number of aromatic nitrogens is 1. The quantitative estimate of drug-likeness (QED) is 0.822. The lowest BCUT2D eigenvalue weighted by molar-refractivity contribution is 0.0924. The fraction of sp³-hybridized carbons (Fsp3) is 0.357. The van der Waals surface area contributed by atoms with E-state index in [0.717, 1.165) is 33.8 Å². The van der Waals surface area contributed by atoms with Crippen LogP contribution in [0.4, 0.5) is 0 Å². The molecule has 88 valence electrons. The molecule has 1 heterocycles. The summed E-state index contributed by atoms with van der Waals surface area (Å²) in [6.45, 7) is 0. The smallest absolute Gasteiger partial charge is 0.168 e. The molecule has 0 aliphatic heterocycles. The van der Waals surface area contributed by atoms with Gasteiger partial charge in [-0.2, -0.15) is 0 Å². The summed E-state index contributed by atoms with van der Waals surface area (Å²) in [7, 11) is 0. The molecule has 0 amide bonds. The second-order valence-corrected chi connectivity index (χ2v) is 5.65. The maximum atomic E-state index is 12.4. The molecule has 0 radical (unpaired) electrons. The van der Waals surface area contributed by atoms with Crippen molar-refractivity contribution < 1.29 is 4.79 Å². The number of ketones is 1. The van der Waals surface area contributed by atoms with Crippen LogP contribution in [0.25, 0.3) is 10.9 Å². The highest BCUT2D eigenvalue weighted by Crippen LogP contribution is 2.31. The number of H-pyrrole nitrogens is 1. The van der Waals surface area contributed by atoms with Gasteiger partial charge in [0, 0.05) is 33.1 Å². The number of halogens is 1. The Morgan fingerprint density at radius 1 is 1.29 bits per heavy atom. The average Bonchev–Trinajstić information content (AvgIpc) is 2.97. The summed E-state index contributed by atoms with van der Waals surface area (Å²) in [4.78, 5) is 15.6. The molecule has 1 aliphatic rings. The Balaban J connectivity index is 2.04. The van der Waals surface area contributed by atoms with Crippen molar-refractivity contribution in [2.75, 3.05) is 0 Å². The second-order valence-electron chi connectivity index (χ2n) is 4.74. The molecule has 2 nitrogen and oxygen atoms in total. The van der Waals surface area contributed by atoms with Crippen molar-refractivity contribution in [1.29, 1.82) is 0 Å². The van der Waals surface area contributed by atoms with Crippen molar-refractivity contribution in [1.82, 2.24) is 4.98 Å². The lowest BCUT2D eigenvalue weighted by Crippen LogP contribution is -2.10. The molecule has 0 atom stereocenters. The third-order valence-electron chi connectivity index (χ3n) is 3.64. The van der Waals surface area contributed by atoms with E-state index in [9.17, 15) is 4.79 Å². The SMILES string of the molecule is O=C(c1c[nH]c2ccc(Br)cc12)C1CCCC1. The number of aromatic amines is 1. The first-order chi connectivity index (χ1) is 8.25. The van der Waals surface area contributed by atoms with Gasteiger partial charge in [-0.25, -0.2) is 0 Å². The fourth-order valence-electron chi connectivity index (χ4n) is 2.70. The first kappa shape index (κ1) is 11.0. The van der Waals surface area contributed by atoms with Crippen LogP contribution in [-0.4, -0.2) is 10.8 Å². The minimum atomic E-state index is 0.244. The van der Waals surface area contributed by atoms with Gasteiger partial charge in [0.2, 0.25) is 0 Å². The topological polar surface area (TPSA) is 32.9 Å². The molecule has 3 heteroatoms. The minimum Gasteiger partial charge on any atom is -0.360 e. The molecular formula is C14H14BrNO. The van der Waals surface area contributed by atoms with Gasteiger partial charge >= 0.3 is 0 Å². The van der Waals surface area contributed by atoms with Crippen LogP contribution in [0.15, 0.2) is 28.9 Å². The molecule has 1 aromatic carbocycles. The fourth-order valence-corrected chi connectivity index (χ4v) is 3.07. The maximum absolute atomic E-state index is 12.4. The summed E-state index contributed by atoms with van der Waals surface area (Å²) < 4.78 is 1.02. The number of hydrogen-bond donors (Lipinski definition) is 1. The van der Waals surface area contributed by atoms with E-state index >= 15 is 0 Å². The number of benzene rings is 1. The zero-order valence-corrected chi connectivity index (χ0v) is 11.1. The van der Waals surface area contributed by atoms with Crippen molar-refractivity contribution in [3.8, 4) is 0 Å². The Bertz CT molecular complexity index is 567. The predicted octanol–water partition coefficient (Wildman–Crippen LogP) is 4.30. The highest BCUT2D eigenvalue weighted by molar-refractivity contribution is 9.10. The first-order valence-corrected chi connectivity index (χ1v) is 6.86. The maximum Gasteiger partial charge on any atom is 0.168 e. The molecule has 1 saturated carbocycles. The minimum absolute atomic E-state index is 0.244. The van der Waals surface area contributed by atoms with Gasteiger partial charge in [0.15, 0.2) is 5.78 Å². The van der Waals surface area contributed by atoms with E-state index in [-0.39, 0.29) is 5.92 Å². The molecule has 0 spiro atoms. The summed E-state index contributed by atoms with van der Waals surface area (Å²) >= 11 is 3.46. The number of nitrogens with one attached hydrogen (secondary N) is 1. The van der Waals surface area contributed by atoms with Crippen molar-refractivity contribution in [2.45, 2.75) is 25.7 Å². The van der Waals surface area contributed by atoms with Gasteiger partial charge in [0.25, 0.3) is 0 Å². The normalized spacial score (nSPS) is 16.8. The summed E-state index contributed by atoms with van der Waals surface area (Å²) in [5.41, 5.74) is 1.89. The van der Waals surface area contributed by atoms with Crippen LogP contribution >= 0.6 is 15.9 Å². The van der Waals surface area contributed by atoms with Crippen LogP contribution < -0.4 is 0 Å². The summed E-state index contributed by atoms with van der Waals surface area (Å²) in [6.07, 6.45) is 6.36. The van der Waals surface area contributed by atoms with E-state index in [1.54, 1.807) is 0 Å². The second kappa shape index (κ2) is 4.30. The van der Waals surface area contributed by atoms with Gasteiger partial charge in [-0.15, -0.1) is 0 Å². The van der Waals surface area contributed by atoms with Crippen molar-refractivity contribution in [3.63, 3.8) is 0 Å². The molecule has 3 rings (SSSR count). The van der Waals surface area contributed by atoms with Crippen LogP contribution in [0.2, 0.25) is 0 Å². The van der Waals surface area contributed by atoms with Crippen LogP contribution in [0.1, 0.15) is 36.0 Å². The Labute approximate surface area is 109 Å². The monoisotopic (exact) mass is 291 g/mol. The third-order valence-corrected chi connectivity index (χ3v) is 4.13. The highest BCUT2D eigenvalue weighted by Gasteiger charge is 2.25. The largest absolute Gasteiger partial charge is 0.360 e.